The maximum atomic E-state index is 11.7. The van der Waals surface area contributed by atoms with E-state index in [1.165, 1.54) is 0 Å². The summed E-state index contributed by atoms with van der Waals surface area (Å²) in [6.07, 6.45) is 1.96. The first-order valence-corrected chi connectivity index (χ1v) is 7.19. The smallest absolute Gasteiger partial charge is 0.321 e. The molecule has 3 N–H and O–H groups in total. The lowest BCUT2D eigenvalue weighted by Gasteiger charge is -2.16. The predicted molar refractivity (Wildman–Crippen MR) is 72.7 cm³/mol. The van der Waals surface area contributed by atoms with Gasteiger partial charge in [-0.25, -0.2) is 4.79 Å². The quantitative estimate of drug-likeness (QED) is 0.602. The van der Waals surface area contributed by atoms with Gasteiger partial charge in [-0.15, -0.1) is 0 Å². The van der Waals surface area contributed by atoms with Gasteiger partial charge in [-0.1, -0.05) is 13.3 Å². The Labute approximate surface area is 114 Å². The van der Waals surface area contributed by atoms with Crippen LogP contribution in [-0.4, -0.2) is 56.1 Å². The second-order valence-corrected chi connectivity index (χ2v) is 5.53. The molecule has 6 nitrogen and oxygen atoms in total. The lowest BCUT2D eigenvalue weighted by Crippen LogP contribution is -2.44. The molecule has 3 amide bonds. The highest BCUT2D eigenvalue weighted by atomic mass is 16.2. The van der Waals surface area contributed by atoms with E-state index in [1.807, 2.05) is 0 Å². The van der Waals surface area contributed by atoms with Gasteiger partial charge in [-0.2, -0.15) is 0 Å². The number of carbonyl (C=O) groups is 2. The highest BCUT2D eigenvalue weighted by Gasteiger charge is 2.36. The van der Waals surface area contributed by atoms with Crippen LogP contribution in [-0.2, 0) is 4.79 Å². The van der Waals surface area contributed by atoms with Gasteiger partial charge in [0.2, 0.25) is 5.91 Å². The Morgan fingerprint density at radius 3 is 2.58 bits per heavy atom. The summed E-state index contributed by atoms with van der Waals surface area (Å²) in [4.78, 5) is 25.3. The molecular weight excluding hydrogens is 244 g/mol. The molecule has 0 spiro atoms. The number of unbranched alkanes of at least 4 members (excludes halogenated alkanes) is 1. The number of rotatable bonds is 5. The Kier molecular flexibility index (Phi) is 5.15. The molecule has 0 aliphatic carbocycles. The van der Waals surface area contributed by atoms with Crippen LogP contribution < -0.4 is 16.0 Å². The van der Waals surface area contributed by atoms with Gasteiger partial charge < -0.3 is 10.6 Å². The average molecular weight is 268 g/mol. The van der Waals surface area contributed by atoms with E-state index in [0.717, 1.165) is 39.0 Å². The van der Waals surface area contributed by atoms with Crippen LogP contribution in [0.4, 0.5) is 4.79 Å². The van der Waals surface area contributed by atoms with Crippen LogP contribution >= 0.6 is 0 Å². The zero-order valence-corrected chi connectivity index (χ0v) is 11.6. The maximum absolute atomic E-state index is 11.7. The summed E-state index contributed by atoms with van der Waals surface area (Å²) in [7, 11) is 0. The van der Waals surface area contributed by atoms with Gasteiger partial charge in [-0.3, -0.25) is 15.0 Å². The molecule has 2 rings (SSSR count). The molecule has 2 saturated heterocycles. The molecule has 0 radical (unpaired) electrons. The number of urea groups is 1. The van der Waals surface area contributed by atoms with Gasteiger partial charge in [0.15, 0.2) is 0 Å². The lowest BCUT2D eigenvalue weighted by molar-refractivity contribution is -0.121. The predicted octanol–water partition coefficient (Wildman–Crippen LogP) is -0.236. The molecule has 0 aromatic heterocycles. The van der Waals surface area contributed by atoms with E-state index in [-0.39, 0.29) is 11.9 Å². The Morgan fingerprint density at radius 2 is 1.95 bits per heavy atom. The van der Waals surface area contributed by atoms with Crippen molar-refractivity contribution in [1.82, 2.24) is 20.9 Å². The van der Waals surface area contributed by atoms with Crippen LogP contribution in [0, 0.1) is 11.8 Å². The van der Waals surface area contributed by atoms with Crippen LogP contribution in [0.5, 0.6) is 0 Å². The van der Waals surface area contributed by atoms with E-state index in [9.17, 15) is 9.59 Å². The SMILES string of the molecule is CCCCNC(=O)NC(=O)CN1C[C@H]2CNC[C@H]2C1. The third kappa shape index (κ3) is 4.18. The average Bonchev–Trinajstić information content (AvgIpc) is 2.89. The monoisotopic (exact) mass is 268 g/mol. The summed E-state index contributed by atoms with van der Waals surface area (Å²) < 4.78 is 0. The normalized spacial score (nSPS) is 26.2. The first-order valence-electron chi connectivity index (χ1n) is 7.19. The Balaban J connectivity index is 1.63. The summed E-state index contributed by atoms with van der Waals surface area (Å²) in [5.41, 5.74) is 0. The van der Waals surface area contributed by atoms with Gasteiger partial charge in [0.25, 0.3) is 0 Å². The van der Waals surface area contributed by atoms with E-state index in [1.54, 1.807) is 0 Å². The Hall–Kier alpha value is -1.14. The molecule has 6 heteroatoms. The van der Waals surface area contributed by atoms with Crippen molar-refractivity contribution in [2.24, 2.45) is 11.8 Å². The fourth-order valence-electron chi connectivity index (χ4n) is 2.87. The summed E-state index contributed by atoms with van der Waals surface area (Å²) in [5, 5.41) is 8.43. The zero-order chi connectivity index (χ0) is 13.7. The van der Waals surface area contributed by atoms with Gasteiger partial charge in [-0.05, 0) is 31.3 Å². The number of nitrogens with zero attached hydrogens (tertiary/aromatic N) is 1. The summed E-state index contributed by atoms with van der Waals surface area (Å²) >= 11 is 0. The number of hydrogen-bond acceptors (Lipinski definition) is 4. The van der Waals surface area contributed by atoms with Crippen molar-refractivity contribution in [3.8, 4) is 0 Å². The molecule has 2 aliphatic rings. The van der Waals surface area contributed by atoms with Crippen molar-refractivity contribution < 1.29 is 9.59 Å². The first kappa shape index (κ1) is 14.3. The van der Waals surface area contributed by atoms with E-state index in [4.69, 9.17) is 0 Å². The zero-order valence-electron chi connectivity index (χ0n) is 11.6. The largest absolute Gasteiger partial charge is 0.338 e. The number of amides is 3. The van der Waals surface area contributed by atoms with Crippen LogP contribution in [0.15, 0.2) is 0 Å². The highest BCUT2D eigenvalue weighted by Crippen LogP contribution is 2.25. The molecule has 0 aromatic rings. The molecule has 2 atom stereocenters. The van der Waals surface area contributed by atoms with Crippen LogP contribution in [0.1, 0.15) is 19.8 Å². The molecule has 2 heterocycles. The molecule has 2 fully saturated rings. The van der Waals surface area contributed by atoms with Gasteiger partial charge in [0.05, 0.1) is 6.54 Å². The molecule has 0 aromatic carbocycles. The fraction of sp³-hybridized carbons (Fsp3) is 0.846. The van der Waals surface area contributed by atoms with Crippen molar-refractivity contribution in [2.45, 2.75) is 19.8 Å². The topological polar surface area (TPSA) is 73.5 Å². The van der Waals surface area contributed by atoms with Crippen molar-refractivity contribution in [3.63, 3.8) is 0 Å². The lowest BCUT2D eigenvalue weighted by atomic mass is 10.0. The molecular formula is C13H24N4O2. The Bertz CT molecular complexity index is 323. The van der Waals surface area contributed by atoms with Crippen LogP contribution in [0.25, 0.3) is 0 Å². The minimum Gasteiger partial charge on any atom is -0.338 e. The highest BCUT2D eigenvalue weighted by molar-refractivity contribution is 5.95. The van der Waals surface area contributed by atoms with Crippen LogP contribution in [0.2, 0.25) is 0 Å². The van der Waals surface area contributed by atoms with Gasteiger partial charge in [0, 0.05) is 19.6 Å². The van der Waals surface area contributed by atoms with Crippen molar-refractivity contribution in [1.29, 1.82) is 0 Å². The van der Waals surface area contributed by atoms with Gasteiger partial charge >= 0.3 is 6.03 Å². The fourth-order valence-corrected chi connectivity index (χ4v) is 2.87. The third-order valence-corrected chi connectivity index (χ3v) is 3.90. The molecule has 0 saturated carbocycles. The van der Waals surface area contributed by atoms with Crippen molar-refractivity contribution in [2.75, 3.05) is 39.3 Å². The van der Waals surface area contributed by atoms with E-state index < -0.39 is 0 Å². The second kappa shape index (κ2) is 6.86. The molecule has 19 heavy (non-hydrogen) atoms. The van der Waals surface area contributed by atoms with E-state index >= 15 is 0 Å². The summed E-state index contributed by atoms with van der Waals surface area (Å²) in [6, 6.07) is -0.375. The van der Waals surface area contributed by atoms with E-state index in [2.05, 4.69) is 27.8 Å². The third-order valence-electron chi connectivity index (χ3n) is 3.90. The first-order chi connectivity index (χ1) is 9.19. The number of hydrogen-bond donors (Lipinski definition) is 3. The number of fused-ring (bicyclic) bond motifs is 1. The standard InChI is InChI=1S/C13H24N4O2/c1-2-3-4-15-13(19)16-12(18)9-17-7-10-5-14-6-11(10)8-17/h10-11,14H,2-9H2,1H3,(H2,15,16,18,19)/t10-,11+. The number of carbonyl (C=O) groups excluding carboxylic acids is 2. The number of nitrogens with one attached hydrogen (secondary N) is 3. The summed E-state index contributed by atoms with van der Waals surface area (Å²) in [6.45, 7) is 7.04. The maximum Gasteiger partial charge on any atom is 0.321 e. The van der Waals surface area contributed by atoms with Crippen LogP contribution in [0.3, 0.4) is 0 Å². The van der Waals surface area contributed by atoms with Gasteiger partial charge in [0.1, 0.15) is 0 Å². The number of likely N-dealkylation sites (tertiary alicyclic amines) is 1. The summed E-state index contributed by atoms with van der Waals surface area (Å²) in [5.74, 6) is 1.14. The minimum atomic E-state index is -0.375. The Morgan fingerprint density at radius 1 is 1.26 bits per heavy atom. The second-order valence-electron chi connectivity index (χ2n) is 5.53. The van der Waals surface area contributed by atoms with E-state index in [0.29, 0.717) is 24.9 Å². The molecule has 108 valence electrons. The molecule has 0 bridgehead atoms. The van der Waals surface area contributed by atoms with Crippen molar-refractivity contribution >= 4 is 11.9 Å². The van der Waals surface area contributed by atoms with Crippen molar-refractivity contribution in [3.05, 3.63) is 0 Å². The number of imide groups is 1. The molecule has 0 unspecified atom stereocenters. The minimum absolute atomic E-state index is 0.207. The molecule has 2 aliphatic heterocycles.